The van der Waals surface area contributed by atoms with Gasteiger partial charge in [0, 0.05) is 11.3 Å². The molecule has 104 valence electrons. The number of nitrogens with zero attached hydrogens (tertiary/aromatic N) is 1. The van der Waals surface area contributed by atoms with Gasteiger partial charge in [-0.15, -0.1) is 0 Å². The Morgan fingerprint density at radius 3 is 3.05 bits per heavy atom. The van der Waals surface area contributed by atoms with Crippen LogP contribution in [0.2, 0.25) is 0 Å². The van der Waals surface area contributed by atoms with Crippen LogP contribution in [-0.2, 0) is 19.1 Å². The van der Waals surface area contributed by atoms with E-state index in [0.29, 0.717) is 11.3 Å². The van der Waals surface area contributed by atoms with Crippen LogP contribution in [0.25, 0.3) is 0 Å². The Bertz CT molecular complexity index is 547. The predicted octanol–water partition coefficient (Wildman–Crippen LogP) is -1.03. The minimum Gasteiger partial charge on any atom is -0.477 e. The molecule has 2 rings (SSSR count). The molecule has 0 aromatic rings. The Kier molecular flexibility index (Phi) is 3.34. The fourth-order valence-corrected chi connectivity index (χ4v) is 4.32. The Morgan fingerprint density at radius 1 is 1.84 bits per heavy atom. The van der Waals surface area contributed by atoms with Crippen molar-refractivity contribution in [3.63, 3.8) is 0 Å². The highest BCUT2D eigenvalue weighted by atomic mass is 32.2. The number of carboxylic acids is 1. The van der Waals surface area contributed by atoms with Crippen LogP contribution in [0.4, 0.5) is 0 Å². The van der Waals surface area contributed by atoms with E-state index >= 15 is 0 Å². The number of amides is 1. The molecular weight excluding hydrogens is 272 g/mol. The van der Waals surface area contributed by atoms with Gasteiger partial charge in [-0.3, -0.25) is 14.5 Å². The third-order valence-electron chi connectivity index (χ3n) is 3.14. The van der Waals surface area contributed by atoms with Gasteiger partial charge in [-0.25, -0.2) is 4.79 Å². The van der Waals surface area contributed by atoms with Crippen LogP contribution >= 0.6 is 10.5 Å². The van der Waals surface area contributed by atoms with Crippen LogP contribution in [-0.4, -0.2) is 65.0 Å². The fourth-order valence-electron chi connectivity index (χ4n) is 2.34. The zero-order chi connectivity index (χ0) is 15.0. The molecule has 2 heterocycles. The first-order valence-electron chi connectivity index (χ1n) is 5.97. The quantitative estimate of drug-likeness (QED) is 0.390. The molecule has 0 spiro atoms. The van der Waals surface area contributed by atoms with Crippen molar-refractivity contribution >= 4 is 34.7 Å². The highest BCUT2D eigenvalue weighted by Gasteiger charge is 2.53. The fraction of sp³-hybridized carbons (Fsp3) is 0.455. The average molecular weight is 287 g/mol. The lowest BCUT2D eigenvalue weighted by atomic mass is 10.0. The molecule has 1 saturated heterocycles. The van der Waals surface area contributed by atoms with E-state index in [4.69, 9.17) is 1.37 Å². The van der Waals surface area contributed by atoms with Gasteiger partial charge in [0.25, 0.3) is 6.45 Å². The van der Waals surface area contributed by atoms with Crippen molar-refractivity contribution < 1.29 is 25.6 Å². The van der Waals surface area contributed by atoms with Crippen LogP contribution in [0, 0.1) is 0 Å². The van der Waals surface area contributed by atoms with Crippen molar-refractivity contribution in [3.05, 3.63) is 11.3 Å². The highest BCUT2D eigenvalue weighted by Crippen LogP contribution is 2.43. The molecule has 2 aliphatic rings. The molecule has 0 radical (unpaired) electrons. The first-order chi connectivity index (χ1) is 9.38. The van der Waals surface area contributed by atoms with Crippen LogP contribution < -0.4 is 5.32 Å². The van der Waals surface area contributed by atoms with E-state index in [9.17, 15) is 19.5 Å². The Morgan fingerprint density at radius 2 is 2.53 bits per heavy atom. The lowest BCUT2D eigenvalue weighted by Crippen LogP contribution is -2.69. The van der Waals surface area contributed by atoms with Gasteiger partial charge >= 0.3 is 5.97 Å². The number of aliphatic carboxylic acids is 1. The number of likely N-dealkylation sites (N-methyl/N-ethyl adjacent to an activating group) is 1. The lowest BCUT2D eigenvalue weighted by Gasteiger charge is -2.51. The number of nitrogens with one attached hydrogen (secondary N) is 1. The second kappa shape index (κ2) is 5.14. The number of rotatable bonds is 4. The number of carboxylic acid groups (broad SMARTS) is 1. The largest absolute Gasteiger partial charge is 0.477 e. The summed E-state index contributed by atoms with van der Waals surface area (Å²) in [6.45, 7) is -0.302. The standard InChI is InChI=1S/C11H14N2O5S/c1-12-7-9(15)13-8(11(16)17)6(3-18-5-14)4-19(2)10(7)13/h5,7,10,12H,2-4H2,1H3,(H,16,17)/t7-,10-,19?/m1/s1/i5D. The summed E-state index contributed by atoms with van der Waals surface area (Å²) in [5.74, 6) is 2.73. The second-order valence-electron chi connectivity index (χ2n) is 4.18. The van der Waals surface area contributed by atoms with E-state index in [-0.39, 0.29) is 23.6 Å². The van der Waals surface area contributed by atoms with Crippen LogP contribution in [0.3, 0.4) is 0 Å². The Balaban J connectivity index is 2.35. The summed E-state index contributed by atoms with van der Waals surface area (Å²) >= 11 is 0. The monoisotopic (exact) mass is 287 g/mol. The summed E-state index contributed by atoms with van der Waals surface area (Å²) in [5, 5.41) is 11.8. The SMILES string of the molecule is [2H]C(=O)OCC1=C(C(=O)O)N2C(=O)[C@@H](NC)[C@H]2S(=C)C1. The zero-order valence-corrected chi connectivity index (χ0v) is 11.0. The topological polar surface area (TPSA) is 95.9 Å². The molecule has 0 saturated carbocycles. The van der Waals surface area contributed by atoms with Crippen molar-refractivity contribution in [1.82, 2.24) is 10.2 Å². The number of carbonyl (C=O) groups excluding carboxylic acids is 2. The molecule has 19 heavy (non-hydrogen) atoms. The molecule has 0 aromatic heterocycles. The molecule has 0 aliphatic carbocycles. The summed E-state index contributed by atoms with van der Waals surface area (Å²) in [5.41, 5.74) is 0.163. The average Bonchev–Trinajstić information content (AvgIpc) is 2.36. The lowest BCUT2D eigenvalue weighted by molar-refractivity contribution is -0.149. The van der Waals surface area contributed by atoms with Crippen LogP contribution in [0.15, 0.2) is 11.3 Å². The number of hydrogen-bond acceptors (Lipinski definition) is 5. The predicted molar refractivity (Wildman–Crippen MR) is 69.7 cm³/mol. The Labute approximate surface area is 113 Å². The van der Waals surface area contributed by atoms with Crippen molar-refractivity contribution in [2.24, 2.45) is 0 Å². The molecule has 2 aliphatic heterocycles. The van der Waals surface area contributed by atoms with E-state index in [1.54, 1.807) is 7.05 Å². The first-order valence-corrected chi connectivity index (χ1v) is 7.09. The molecule has 1 fully saturated rings. The summed E-state index contributed by atoms with van der Waals surface area (Å²) in [6.07, 6.45) is -1.24. The van der Waals surface area contributed by atoms with E-state index in [1.807, 2.05) is 0 Å². The summed E-state index contributed by atoms with van der Waals surface area (Å²) < 4.78 is 11.2. The van der Waals surface area contributed by atoms with E-state index < -0.39 is 28.9 Å². The number of hydrogen-bond donors (Lipinski definition) is 2. The molecule has 7 nitrogen and oxygen atoms in total. The second-order valence-corrected chi connectivity index (χ2v) is 6.02. The molecule has 0 bridgehead atoms. The third kappa shape index (κ3) is 2.06. The van der Waals surface area contributed by atoms with E-state index in [1.165, 1.54) is 4.90 Å². The van der Waals surface area contributed by atoms with Crippen molar-refractivity contribution in [2.45, 2.75) is 11.4 Å². The van der Waals surface area contributed by atoms with Gasteiger partial charge in [0.15, 0.2) is 1.37 Å². The highest BCUT2D eigenvalue weighted by molar-refractivity contribution is 8.15. The maximum atomic E-state index is 12.0. The van der Waals surface area contributed by atoms with Crippen LogP contribution in [0.1, 0.15) is 1.37 Å². The van der Waals surface area contributed by atoms with Crippen molar-refractivity contribution in [2.75, 3.05) is 19.4 Å². The normalized spacial score (nSPS) is 30.4. The summed E-state index contributed by atoms with van der Waals surface area (Å²) in [4.78, 5) is 35.1. The smallest absolute Gasteiger partial charge is 0.352 e. The van der Waals surface area contributed by atoms with Crippen molar-refractivity contribution in [3.8, 4) is 0 Å². The number of β-lactam (4-membered cyclic amide) rings is 1. The van der Waals surface area contributed by atoms with E-state index in [2.05, 4.69) is 15.9 Å². The first kappa shape index (κ1) is 12.4. The summed E-state index contributed by atoms with van der Waals surface area (Å²) in [6, 6.07) is -0.426. The van der Waals surface area contributed by atoms with Gasteiger partial charge in [-0.2, -0.15) is 10.5 Å². The molecule has 8 heteroatoms. The third-order valence-corrected chi connectivity index (χ3v) is 5.02. The van der Waals surface area contributed by atoms with E-state index in [0.717, 1.165) is 0 Å². The molecule has 1 amide bonds. The van der Waals surface area contributed by atoms with Gasteiger partial charge in [-0.05, 0) is 7.05 Å². The maximum absolute atomic E-state index is 12.0. The molecular formula is C11H14N2O5S. The van der Waals surface area contributed by atoms with Crippen molar-refractivity contribution in [1.29, 1.82) is 0 Å². The zero-order valence-electron chi connectivity index (χ0n) is 11.2. The Hall–Kier alpha value is -1.67. The number of carbonyl (C=O) groups is 3. The number of fused-ring (bicyclic) bond motifs is 1. The van der Waals surface area contributed by atoms with Gasteiger partial charge in [0.2, 0.25) is 5.91 Å². The minimum absolute atomic E-state index is 0.153. The van der Waals surface area contributed by atoms with Gasteiger partial charge < -0.3 is 15.2 Å². The molecule has 0 aromatic carbocycles. The van der Waals surface area contributed by atoms with Gasteiger partial charge in [0.05, 0.1) is 0 Å². The van der Waals surface area contributed by atoms with Gasteiger partial charge in [0.1, 0.15) is 23.7 Å². The molecule has 3 atom stereocenters. The number of ether oxygens (including phenoxy) is 1. The maximum Gasteiger partial charge on any atom is 0.352 e. The molecule has 2 N–H and O–H groups in total. The summed E-state index contributed by atoms with van der Waals surface area (Å²) in [7, 11) is 1.15. The van der Waals surface area contributed by atoms with Gasteiger partial charge in [-0.1, -0.05) is 5.87 Å². The minimum atomic E-state index is -1.24. The van der Waals surface area contributed by atoms with Crippen LogP contribution in [0.5, 0.6) is 0 Å². The molecule has 1 unspecified atom stereocenters.